The number of benzene rings is 1. The smallest absolute Gasteiger partial charge is 0.276 e. The van der Waals surface area contributed by atoms with Gasteiger partial charge in [-0.15, -0.1) is 0 Å². The maximum Gasteiger partial charge on any atom is 0.276 e. The lowest BCUT2D eigenvalue weighted by Gasteiger charge is -2.03. The summed E-state index contributed by atoms with van der Waals surface area (Å²) in [5.41, 5.74) is 0.758. The Morgan fingerprint density at radius 3 is 2.61 bits per heavy atom. The number of carbonyl (C=O) groups excluding carboxylic acids is 2. The molecule has 3 rings (SSSR count). The van der Waals surface area contributed by atoms with Crippen LogP contribution in [0.15, 0.2) is 41.2 Å². The van der Waals surface area contributed by atoms with Crippen LogP contribution in [0.2, 0.25) is 0 Å². The third-order valence-corrected chi connectivity index (χ3v) is 5.19. The van der Waals surface area contributed by atoms with E-state index in [1.807, 2.05) is 24.5 Å². The minimum atomic E-state index is -0.558. The van der Waals surface area contributed by atoms with Crippen LogP contribution in [0.4, 0.5) is 10.8 Å². The number of nitrogens with one attached hydrogen (secondary N) is 3. The lowest BCUT2D eigenvalue weighted by atomic mass is 10.3. The van der Waals surface area contributed by atoms with E-state index in [1.165, 1.54) is 11.8 Å². The van der Waals surface area contributed by atoms with E-state index in [-0.39, 0.29) is 16.7 Å². The van der Waals surface area contributed by atoms with Crippen molar-refractivity contribution >= 4 is 45.7 Å². The molecule has 8 nitrogen and oxygen atoms in total. The second kappa shape index (κ2) is 8.81. The van der Waals surface area contributed by atoms with Gasteiger partial charge >= 0.3 is 0 Å². The summed E-state index contributed by atoms with van der Waals surface area (Å²) < 4.78 is 0. The Labute approximate surface area is 168 Å². The van der Waals surface area contributed by atoms with Crippen LogP contribution in [0, 0.1) is 6.92 Å². The molecular formula is C18H17N5O3S2. The molecule has 0 saturated heterocycles. The monoisotopic (exact) mass is 415 g/mol. The summed E-state index contributed by atoms with van der Waals surface area (Å²) in [7, 11) is 0. The zero-order valence-corrected chi connectivity index (χ0v) is 16.7. The molecule has 0 radical (unpaired) electrons. The number of para-hydroxylation sites is 1. The van der Waals surface area contributed by atoms with Crippen molar-refractivity contribution < 1.29 is 9.59 Å². The quantitative estimate of drug-likeness (QED) is 0.570. The van der Waals surface area contributed by atoms with Gasteiger partial charge in [0.1, 0.15) is 16.4 Å². The average molecular weight is 416 g/mol. The second-order valence-corrected chi connectivity index (χ2v) is 7.58. The van der Waals surface area contributed by atoms with Gasteiger partial charge in [-0.3, -0.25) is 19.7 Å². The first kappa shape index (κ1) is 19.8. The van der Waals surface area contributed by atoms with Crippen molar-refractivity contribution in [2.75, 3.05) is 16.9 Å². The number of hydrogen-bond acceptors (Lipinski definition) is 7. The molecule has 0 aliphatic carbocycles. The van der Waals surface area contributed by atoms with E-state index in [4.69, 9.17) is 0 Å². The largest absolute Gasteiger partial charge is 0.321 e. The molecule has 3 aromatic rings. The van der Waals surface area contributed by atoms with Crippen LogP contribution >= 0.6 is 23.1 Å². The molecule has 0 bridgehead atoms. The average Bonchev–Trinajstić information content (AvgIpc) is 3.02. The molecular weight excluding hydrogens is 398 g/mol. The Balaban J connectivity index is 1.75. The number of aromatic nitrogens is 3. The molecule has 2 amide bonds. The van der Waals surface area contributed by atoms with Crippen LogP contribution in [0.5, 0.6) is 0 Å². The fourth-order valence-electron chi connectivity index (χ4n) is 2.36. The van der Waals surface area contributed by atoms with Crippen LogP contribution in [-0.2, 0) is 5.75 Å². The normalized spacial score (nSPS) is 10.5. The molecule has 10 heteroatoms. The van der Waals surface area contributed by atoms with Crippen molar-refractivity contribution in [1.82, 2.24) is 15.0 Å². The third-order valence-electron chi connectivity index (χ3n) is 3.56. The van der Waals surface area contributed by atoms with Gasteiger partial charge in [0.05, 0.1) is 11.4 Å². The van der Waals surface area contributed by atoms with E-state index in [9.17, 15) is 14.4 Å². The molecule has 0 atom stereocenters. The second-order valence-electron chi connectivity index (χ2n) is 5.72. The Kier molecular flexibility index (Phi) is 6.22. The highest BCUT2D eigenvalue weighted by Crippen LogP contribution is 2.24. The number of anilines is 2. The Bertz CT molecular complexity index is 1060. The van der Waals surface area contributed by atoms with Gasteiger partial charge in [-0.1, -0.05) is 29.5 Å². The predicted octanol–water partition coefficient (Wildman–Crippen LogP) is 2.90. The molecule has 2 aromatic heterocycles. The van der Waals surface area contributed by atoms with Crippen LogP contribution in [0.1, 0.15) is 31.7 Å². The van der Waals surface area contributed by atoms with E-state index >= 15 is 0 Å². The number of thiazole rings is 1. The molecule has 3 N–H and O–H groups in total. The van der Waals surface area contributed by atoms with Crippen LogP contribution in [0.25, 0.3) is 0 Å². The fraction of sp³-hybridized carbons (Fsp3) is 0.167. The standard InChI is InChI=1S/C18H17N5O3S2/c1-10-15(17(26)20-11-6-4-3-5-7-11)28-18(19-10)23-16(25)12-8-14(24)22-13(21-12)9-27-2/h3-8H,9H2,1-2H3,(H,20,26)(H,19,23,25)(H,21,22,24). The number of nitrogens with zero attached hydrogens (tertiary/aromatic N) is 2. The number of thioether (sulfide) groups is 1. The van der Waals surface area contributed by atoms with Gasteiger partial charge in [0, 0.05) is 11.8 Å². The molecule has 0 spiro atoms. The molecule has 0 saturated carbocycles. The van der Waals surface area contributed by atoms with E-state index in [0.717, 1.165) is 17.4 Å². The molecule has 28 heavy (non-hydrogen) atoms. The summed E-state index contributed by atoms with van der Waals surface area (Å²) in [6.45, 7) is 1.69. The highest BCUT2D eigenvalue weighted by atomic mass is 32.2. The number of aromatic amines is 1. The minimum Gasteiger partial charge on any atom is -0.321 e. The van der Waals surface area contributed by atoms with Gasteiger partial charge in [-0.05, 0) is 25.3 Å². The molecule has 0 fully saturated rings. The number of aryl methyl sites for hydroxylation is 1. The van der Waals surface area contributed by atoms with Gasteiger partial charge in [0.25, 0.3) is 17.4 Å². The lowest BCUT2D eigenvalue weighted by Crippen LogP contribution is -2.20. The van der Waals surface area contributed by atoms with E-state index < -0.39 is 11.5 Å². The first-order valence-corrected chi connectivity index (χ1v) is 10.4. The highest BCUT2D eigenvalue weighted by molar-refractivity contribution is 7.97. The van der Waals surface area contributed by atoms with Gasteiger partial charge in [0.2, 0.25) is 0 Å². The number of H-pyrrole nitrogens is 1. The third kappa shape index (κ3) is 4.84. The minimum absolute atomic E-state index is 0.00376. The summed E-state index contributed by atoms with van der Waals surface area (Å²) in [5.74, 6) is 0.0372. The van der Waals surface area contributed by atoms with Crippen molar-refractivity contribution in [1.29, 1.82) is 0 Å². The number of amides is 2. The molecule has 0 aliphatic rings. The van der Waals surface area contributed by atoms with E-state index in [1.54, 1.807) is 19.1 Å². The summed E-state index contributed by atoms with van der Waals surface area (Å²) in [4.78, 5) is 48.0. The van der Waals surface area contributed by atoms with Crippen LogP contribution < -0.4 is 16.2 Å². The molecule has 1 aromatic carbocycles. The fourth-order valence-corrected chi connectivity index (χ4v) is 3.63. The highest BCUT2D eigenvalue weighted by Gasteiger charge is 2.18. The zero-order valence-electron chi connectivity index (χ0n) is 15.1. The van der Waals surface area contributed by atoms with Gasteiger partial charge in [-0.25, -0.2) is 9.97 Å². The van der Waals surface area contributed by atoms with Crippen LogP contribution in [0.3, 0.4) is 0 Å². The number of rotatable bonds is 6. The maximum atomic E-state index is 12.5. The topological polar surface area (TPSA) is 117 Å². The first-order chi connectivity index (χ1) is 13.5. The van der Waals surface area contributed by atoms with Gasteiger partial charge < -0.3 is 10.3 Å². The van der Waals surface area contributed by atoms with Gasteiger partial charge in [0.15, 0.2) is 5.13 Å². The van der Waals surface area contributed by atoms with Crippen molar-refractivity contribution in [2.24, 2.45) is 0 Å². The van der Waals surface area contributed by atoms with Crippen molar-refractivity contribution in [2.45, 2.75) is 12.7 Å². The first-order valence-electron chi connectivity index (χ1n) is 8.20. The lowest BCUT2D eigenvalue weighted by molar-refractivity contribution is 0.101. The molecule has 0 unspecified atom stereocenters. The SMILES string of the molecule is CSCc1nc(C(=O)Nc2nc(C)c(C(=O)Nc3ccccc3)s2)cc(=O)[nH]1. The molecule has 144 valence electrons. The maximum absolute atomic E-state index is 12.5. The van der Waals surface area contributed by atoms with Gasteiger partial charge in [-0.2, -0.15) is 11.8 Å². The molecule has 2 heterocycles. The van der Waals surface area contributed by atoms with Crippen molar-refractivity contribution in [3.8, 4) is 0 Å². The van der Waals surface area contributed by atoms with Crippen molar-refractivity contribution in [3.05, 3.63) is 68.8 Å². The predicted molar refractivity (Wildman–Crippen MR) is 111 cm³/mol. The van der Waals surface area contributed by atoms with Crippen molar-refractivity contribution in [3.63, 3.8) is 0 Å². The number of carbonyl (C=O) groups is 2. The summed E-state index contributed by atoms with van der Waals surface area (Å²) in [5, 5.41) is 5.64. The summed E-state index contributed by atoms with van der Waals surface area (Å²) in [6.07, 6.45) is 1.87. The van der Waals surface area contributed by atoms with E-state index in [0.29, 0.717) is 27.8 Å². The zero-order chi connectivity index (χ0) is 20.1. The Morgan fingerprint density at radius 1 is 1.14 bits per heavy atom. The van der Waals surface area contributed by atoms with E-state index in [2.05, 4.69) is 25.6 Å². The summed E-state index contributed by atoms with van der Waals surface area (Å²) >= 11 is 2.53. The molecule has 0 aliphatic heterocycles. The van der Waals surface area contributed by atoms with Crippen LogP contribution in [-0.4, -0.2) is 33.0 Å². The summed E-state index contributed by atoms with van der Waals surface area (Å²) in [6, 6.07) is 10.2. The Hall–Kier alpha value is -2.98. The number of hydrogen-bond donors (Lipinski definition) is 3. The Morgan fingerprint density at radius 2 is 1.89 bits per heavy atom.